The molecule has 1 aliphatic carbocycles. The number of benzene rings is 1. The van der Waals surface area contributed by atoms with Gasteiger partial charge in [0.25, 0.3) is 0 Å². The highest BCUT2D eigenvalue weighted by Crippen LogP contribution is 2.35. The van der Waals surface area contributed by atoms with E-state index in [0.717, 1.165) is 24.1 Å². The highest BCUT2D eigenvalue weighted by Gasteiger charge is 2.34. The summed E-state index contributed by atoms with van der Waals surface area (Å²) in [5.41, 5.74) is 1.78. The first-order valence-electron chi connectivity index (χ1n) is 9.95. The molecule has 1 saturated carbocycles. The number of carbonyl (C=O) groups excluding carboxylic acids is 2. The first-order valence-corrected chi connectivity index (χ1v) is 9.95. The molecule has 2 rings (SSSR count). The topological polar surface area (TPSA) is 64.6 Å². The van der Waals surface area contributed by atoms with Crippen LogP contribution < -0.4 is 5.32 Å². The molecule has 1 amide bonds. The SMILES string of the molecule is Cc1cccc(NC(=O)COC(C)C(=O)OC2CC(C)CCC2C(C)C)c1. The molecule has 5 heteroatoms. The maximum absolute atomic E-state index is 12.4. The Kier molecular flexibility index (Phi) is 7.84. The maximum Gasteiger partial charge on any atom is 0.335 e. The van der Waals surface area contributed by atoms with E-state index in [9.17, 15) is 9.59 Å². The zero-order valence-corrected chi connectivity index (χ0v) is 17.2. The van der Waals surface area contributed by atoms with Crippen molar-refractivity contribution in [2.45, 2.75) is 66.1 Å². The summed E-state index contributed by atoms with van der Waals surface area (Å²) in [5.74, 6) is 0.762. The van der Waals surface area contributed by atoms with Gasteiger partial charge in [-0.05, 0) is 62.1 Å². The molecule has 150 valence electrons. The summed E-state index contributed by atoms with van der Waals surface area (Å²) in [6.07, 6.45) is 2.34. The van der Waals surface area contributed by atoms with E-state index in [1.807, 2.05) is 31.2 Å². The van der Waals surface area contributed by atoms with Gasteiger partial charge < -0.3 is 14.8 Å². The van der Waals surface area contributed by atoms with Gasteiger partial charge in [0.1, 0.15) is 12.7 Å². The number of hydrogen-bond acceptors (Lipinski definition) is 4. The van der Waals surface area contributed by atoms with Crippen molar-refractivity contribution in [1.82, 2.24) is 0 Å². The number of anilines is 1. The van der Waals surface area contributed by atoms with Gasteiger partial charge >= 0.3 is 5.97 Å². The fourth-order valence-corrected chi connectivity index (χ4v) is 3.68. The van der Waals surface area contributed by atoms with Crippen LogP contribution in [0.5, 0.6) is 0 Å². The zero-order valence-electron chi connectivity index (χ0n) is 17.2. The van der Waals surface area contributed by atoms with Crippen molar-refractivity contribution in [3.8, 4) is 0 Å². The minimum Gasteiger partial charge on any atom is -0.460 e. The molecule has 4 atom stereocenters. The molecule has 1 aromatic carbocycles. The maximum atomic E-state index is 12.4. The Labute approximate surface area is 162 Å². The molecule has 0 aliphatic heterocycles. The minimum absolute atomic E-state index is 0.0616. The van der Waals surface area contributed by atoms with Crippen LogP contribution in [0, 0.1) is 24.7 Å². The van der Waals surface area contributed by atoms with Gasteiger partial charge in [-0.15, -0.1) is 0 Å². The molecular formula is C22H33NO4. The van der Waals surface area contributed by atoms with Crippen molar-refractivity contribution >= 4 is 17.6 Å². The number of esters is 1. The van der Waals surface area contributed by atoms with Crippen LogP contribution in [0.4, 0.5) is 5.69 Å². The second kappa shape index (κ2) is 9.88. The summed E-state index contributed by atoms with van der Waals surface area (Å²) in [6, 6.07) is 7.54. The van der Waals surface area contributed by atoms with Crippen molar-refractivity contribution in [3.05, 3.63) is 29.8 Å². The van der Waals surface area contributed by atoms with Gasteiger partial charge in [-0.2, -0.15) is 0 Å². The first-order chi connectivity index (χ1) is 12.8. The molecule has 1 N–H and O–H groups in total. The molecule has 0 saturated heterocycles. The smallest absolute Gasteiger partial charge is 0.335 e. The highest BCUT2D eigenvalue weighted by atomic mass is 16.6. The molecule has 0 spiro atoms. The Balaban J connectivity index is 1.81. The number of amides is 1. The van der Waals surface area contributed by atoms with Crippen molar-refractivity contribution in [2.75, 3.05) is 11.9 Å². The van der Waals surface area contributed by atoms with Crippen LogP contribution in [-0.2, 0) is 19.1 Å². The Hall–Kier alpha value is -1.88. The minimum atomic E-state index is -0.765. The number of carbonyl (C=O) groups is 2. The summed E-state index contributed by atoms with van der Waals surface area (Å²) in [5, 5.41) is 2.77. The predicted molar refractivity (Wildman–Crippen MR) is 106 cm³/mol. The highest BCUT2D eigenvalue weighted by molar-refractivity contribution is 5.92. The van der Waals surface area contributed by atoms with E-state index >= 15 is 0 Å². The van der Waals surface area contributed by atoms with Gasteiger partial charge in [0.05, 0.1) is 0 Å². The number of hydrogen-bond donors (Lipinski definition) is 1. The Morgan fingerprint density at radius 2 is 1.96 bits per heavy atom. The third kappa shape index (κ3) is 6.65. The lowest BCUT2D eigenvalue weighted by Crippen LogP contribution is -2.39. The molecule has 1 aliphatic rings. The summed E-state index contributed by atoms with van der Waals surface area (Å²) in [6.45, 7) is 9.97. The van der Waals surface area contributed by atoms with Crippen LogP contribution in [0.2, 0.25) is 0 Å². The van der Waals surface area contributed by atoms with Gasteiger partial charge in [0.15, 0.2) is 6.10 Å². The van der Waals surface area contributed by atoms with Crippen molar-refractivity contribution in [3.63, 3.8) is 0 Å². The molecule has 0 aromatic heterocycles. The van der Waals surface area contributed by atoms with Crippen LogP contribution in [0.1, 0.15) is 52.5 Å². The predicted octanol–water partition coefficient (Wildman–Crippen LogP) is 4.34. The normalized spacial score (nSPS) is 23.7. The van der Waals surface area contributed by atoms with Crippen molar-refractivity contribution < 1.29 is 19.1 Å². The number of nitrogens with one attached hydrogen (secondary N) is 1. The van der Waals surface area contributed by atoms with Crippen LogP contribution in [-0.4, -0.2) is 30.7 Å². The summed E-state index contributed by atoms with van der Waals surface area (Å²) in [4.78, 5) is 24.5. The van der Waals surface area contributed by atoms with Gasteiger partial charge in [-0.1, -0.05) is 39.3 Å². The van der Waals surface area contributed by atoms with Crippen LogP contribution >= 0.6 is 0 Å². The second-order valence-electron chi connectivity index (χ2n) is 8.17. The van der Waals surface area contributed by atoms with Gasteiger partial charge in [0.2, 0.25) is 5.91 Å². The van der Waals surface area contributed by atoms with E-state index in [1.54, 1.807) is 6.92 Å². The van der Waals surface area contributed by atoms with E-state index in [1.165, 1.54) is 6.42 Å². The Morgan fingerprint density at radius 3 is 2.63 bits per heavy atom. The number of ether oxygens (including phenoxy) is 2. The monoisotopic (exact) mass is 375 g/mol. The Morgan fingerprint density at radius 1 is 1.22 bits per heavy atom. The van der Waals surface area contributed by atoms with E-state index < -0.39 is 6.10 Å². The summed E-state index contributed by atoms with van der Waals surface area (Å²) >= 11 is 0. The van der Waals surface area contributed by atoms with Crippen LogP contribution in [0.15, 0.2) is 24.3 Å². The third-order valence-corrected chi connectivity index (χ3v) is 5.33. The van der Waals surface area contributed by atoms with E-state index in [0.29, 0.717) is 17.8 Å². The van der Waals surface area contributed by atoms with Crippen molar-refractivity contribution in [1.29, 1.82) is 0 Å². The van der Waals surface area contributed by atoms with Gasteiger partial charge in [-0.3, -0.25) is 4.79 Å². The van der Waals surface area contributed by atoms with Crippen LogP contribution in [0.25, 0.3) is 0 Å². The third-order valence-electron chi connectivity index (χ3n) is 5.33. The fourth-order valence-electron chi connectivity index (χ4n) is 3.68. The molecule has 0 bridgehead atoms. The fraction of sp³-hybridized carbons (Fsp3) is 0.636. The molecule has 5 nitrogen and oxygen atoms in total. The quantitative estimate of drug-likeness (QED) is 0.720. The molecule has 1 fully saturated rings. The van der Waals surface area contributed by atoms with E-state index in [2.05, 4.69) is 26.1 Å². The number of aryl methyl sites for hydroxylation is 1. The lowest BCUT2D eigenvalue weighted by molar-refractivity contribution is -0.168. The molecule has 1 aromatic rings. The molecule has 4 unspecified atom stereocenters. The van der Waals surface area contributed by atoms with Crippen LogP contribution in [0.3, 0.4) is 0 Å². The molecule has 0 heterocycles. The lowest BCUT2D eigenvalue weighted by atomic mass is 9.75. The second-order valence-corrected chi connectivity index (χ2v) is 8.17. The van der Waals surface area contributed by atoms with Crippen molar-refractivity contribution in [2.24, 2.45) is 17.8 Å². The average Bonchev–Trinajstić information content (AvgIpc) is 2.59. The largest absolute Gasteiger partial charge is 0.460 e. The summed E-state index contributed by atoms with van der Waals surface area (Å²) in [7, 11) is 0. The zero-order chi connectivity index (χ0) is 20.0. The summed E-state index contributed by atoms with van der Waals surface area (Å²) < 4.78 is 11.2. The standard InChI is InChI=1S/C22H33NO4/c1-14(2)19-10-9-16(4)12-20(19)27-22(25)17(5)26-13-21(24)23-18-8-6-7-15(3)11-18/h6-8,11,14,16-17,19-20H,9-10,12-13H2,1-5H3,(H,23,24). The molecule has 0 radical (unpaired) electrons. The number of rotatable bonds is 7. The molecule has 27 heavy (non-hydrogen) atoms. The Bertz CT molecular complexity index is 643. The van der Waals surface area contributed by atoms with E-state index in [-0.39, 0.29) is 24.6 Å². The van der Waals surface area contributed by atoms with Gasteiger partial charge in [-0.25, -0.2) is 4.79 Å². The molecular weight excluding hydrogens is 342 g/mol. The average molecular weight is 376 g/mol. The lowest BCUT2D eigenvalue weighted by Gasteiger charge is -2.37. The van der Waals surface area contributed by atoms with Gasteiger partial charge in [0, 0.05) is 5.69 Å². The van der Waals surface area contributed by atoms with E-state index in [4.69, 9.17) is 9.47 Å². The first kappa shape index (κ1) is 21.4.